The highest BCUT2D eigenvalue weighted by atomic mass is 79.9. The molecule has 0 saturated heterocycles. The molecule has 4 nitrogen and oxygen atoms in total. The van der Waals surface area contributed by atoms with Gasteiger partial charge in [-0.25, -0.2) is 17.2 Å². The van der Waals surface area contributed by atoms with Crippen LogP contribution in [0.25, 0.3) is 0 Å². The Balaban J connectivity index is 2.58. The first-order chi connectivity index (χ1) is 10.1. The Kier molecular flexibility index (Phi) is 4.38. The van der Waals surface area contributed by atoms with Crippen molar-refractivity contribution in [1.29, 1.82) is 0 Å². The van der Waals surface area contributed by atoms with Gasteiger partial charge >= 0.3 is 0 Å². The zero-order chi connectivity index (χ0) is 16.8. The van der Waals surface area contributed by atoms with Gasteiger partial charge in [-0.1, -0.05) is 15.9 Å². The molecule has 1 aliphatic rings. The number of rotatable bonds is 3. The van der Waals surface area contributed by atoms with Gasteiger partial charge in [-0.2, -0.15) is 0 Å². The lowest BCUT2D eigenvalue weighted by molar-refractivity contribution is 0.334. The van der Waals surface area contributed by atoms with Crippen LogP contribution in [-0.4, -0.2) is 31.9 Å². The van der Waals surface area contributed by atoms with Gasteiger partial charge in [-0.3, -0.25) is 4.99 Å². The minimum Gasteiger partial charge on any atom is -0.386 e. The molecular weight excluding hydrogens is 378 g/mol. The normalized spacial score (nSPS) is 29.2. The number of alkyl halides is 1. The molecule has 1 aromatic rings. The van der Waals surface area contributed by atoms with E-state index in [-0.39, 0.29) is 18.7 Å². The zero-order valence-electron chi connectivity index (χ0n) is 12.2. The van der Waals surface area contributed by atoms with Gasteiger partial charge in [0.1, 0.15) is 18.3 Å². The molecule has 0 fully saturated rings. The van der Waals surface area contributed by atoms with Crippen molar-refractivity contribution >= 4 is 31.6 Å². The third kappa shape index (κ3) is 2.67. The predicted molar refractivity (Wildman–Crippen MR) is 85.9 cm³/mol. The maximum atomic E-state index is 14.1. The number of nitrogens with zero attached hydrogens (tertiary/aromatic N) is 1. The SMILES string of the molecule is C[C@@]1(c2cc(Br)ccc2F)CC[C@](CF)(S(C)(=O)=O)C(N)=N1. The van der Waals surface area contributed by atoms with E-state index in [1.54, 1.807) is 19.1 Å². The molecule has 0 bridgehead atoms. The van der Waals surface area contributed by atoms with Gasteiger partial charge in [0.15, 0.2) is 14.6 Å². The van der Waals surface area contributed by atoms with Crippen molar-refractivity contribution in [2.45, 2.75) is 30.1 Å². The van der Waals surface area contributed by atoms with Gasteiger partial charge in [0.05, 0.1) is 5.54 Å². The lowest BCUT2D eigenvalue weighted by atomic mass is 9.81. The highest BCUT2D eigenvalue weighted by Crippen LogP contribution is 2.42. The van der Waals surface area contributed by atoms with E-state index in [1.807, 2.05) is 0 Å². The summed E-state index contributed by atoms with van der Waals surface area (Å²) in [5, 5.41) is 0. The molecule has 2 rings (SSSR count). The van der Waals surface area contributed by atoms with Gasteiger partial charge in [0.2, 0.25) is 0 Å². The first-order valence-corrected chi connectivity index (χ1v) is 9.31. The smallest absolute Gasteiger partial charge is 0.162 e. The summed E-state index contributed by atoms with van der Waals surface area (Å²) >= 11 is 3.27. The number of halogens is 3. The molecule has 0 saturated carbocycles. The molecule has 1 heterocycles. The average Bonchev–Trinajstić information content (AvgIpc) is 2.40. The molecular formula is C14H17BrF2N2O2S. The van der Waals surface area contributed by atoms with Gasteiger partial charge in [-0.05, 0) is 38.0 Å². The Labute approximate surface area is 136 Å². The standard InChI is InChI=1S/C14H17BrF2N2O2S/c1-13(10-7-9(15)3-4-11(10)17)5-6-14(8-16,12(18)19-13)22(2,20)21/h3-4,7H,5-6,8H2,1-2H3,(H2,18,19)/t13-,14+/m0/s1. The van der Waals surface area contributed by atoms with Crippen molar-refractivity contribution in [1.82, 2.24) is 0 Å². The van der Waals surface area contributed by atoms with E-state index in [1.165, 1.54) is 6.07 Å². The van der Waals surface area contributed by atoms with Crippen LogP contribution < -0.4 is 5.73 Å². The zero-order valence-corrected chi connectivity index (χ0v) is 14.6. The van der Waals surface area contributed by atoms with Crippen molar-refractivity contribution in [3.63, 3.8) is 0 Å². The minimum atomic E-state index is -3.77. The summed E-state index contributed by atoms with van der Waals surface area (Å²) in [6.07, 6.45) is 1.08. The summed E-state index contributed by atoms with van der Waals surface area (Å²) in [5.41, 5.74) is 5.08. The molecule has 22 heavy (non-hydrogen) atoms. The van der Waals surface area contributed by atoms with Crippen LogP contribution in [-0.2, 0) is 15.4 Å². The van der Waals surface area contributed by atoms with Crippen LogP contribution in [0.4, 0.5) is 8.78 Å². The van der Waals surface area contributed by atoms with Crippen LogP contribution in [0.2, 0.25) is 0 Å². The van der Waals surface area contributed by atoms with Gasteiger partial charge in [0.25, 0.3) is 0 Å². The summed E-state index contributed by atoms with van der Waals surface area (Å²) in [4.78, 5) is 4.19. The second-order valence-electron chi connectivity index (χ2n) is 5.80. The quantitative estimate of drug-likeness (QED) is 0.856. The Hall–Kier alpha value is -1.02. The van der Waals surface area contributed by atoms with Crippen LogP contribution in [0, 0.1) is 5.82 Å². The fraction of sp³-hybridized carbons (Fsp3) is 0.500. The largest absolute Gasteiger partial charge is 0.386 e. The van der Waals surface area contributed by atoms with Crippen LogP contribution >= 0.6 is 15.9 Å². The molecule has 0 aromatic heterocycles. The fourth-order valence-electron chi connectivity index (χ4n) is 2.71. The molecule has 0 amide bonds. The summed E-state index contributed by atoms with van der Waals surface area (Å²) in [6.45, 7) is 0.521. The Morgan fingerprint density at radius 2 is 2.05 bits per heavy atom. The Bertz CT molecular complexity index is 738. The molecule has 0 unspecified atom stereocenters. The predicted octanol–water partition coefficient (Wildman–Crippen LogP) is 2.71. The van der Waals surface area contributed by atoms with Crippen LogP contribution in [0.1, 0.15) is 25.3 Å². The van der Waals surface area contributed by atoms with E-state index in [2.05, 4.69) is 20.9 Å². The summed E-state index contributed by atoms with van der Waals surface area (Å²) in [5.74, 6) is -0.764. The second kappa shape index (κ2) is 5.56. The Morgan fingerprint density at radius 1 is 1.41 bits per heavy atom. The van der Waals surface area contributed by atoms with Crippen molar-refractivity contribution in [3.05, 3.63) is 34.1 Å². The third-order valence-corrected chi connectivity index (χ3v) is 6.72. The average molecular weight is 395 g/mol. The number of sulfone groups is 1. The highest BCUT2D eigenvalue weighted by Gasteiger charge is 2.50. The van der Waals surface area contributed by atoms with E-state index in [9.17, 15) is 17.2 Å². The van der Waals surface area contributed by atoms with Crippen LogP contribution in [0.3, 0.4) is 0 Å². The monoisotopic (exact) mass is 394 g/mol. The second-order valence-corrected chi connectivity index (χ2v) is 9.04. The van der Waals surface area contributed by atoms with Gasteiger partial charge in [0, 0.05) is 16.3 Å². The van der Waals surface area contributed by atoms with Crippen LogP contribution in [0.5, 0.6) is 0 Å². The van der Waals surface area contributed by atoms with E-state index < -0.39 is 32.6 Å². The van der Waals surface area contributed by atoms with E-state index in [4.69, 9.17) is 5.73 Å². The van der Waals surface area contributed by atoms with Gasteiger partial charge in [-0.15, -0.1) is 0 Å². The van der Waals surface area contributed by atoms with E-state index >= 15 is 0 Å². The summed E-state index contributed by atoms with van der Waals surface area (Å²) in [7, 11) is -3.77. The first kappa shape index (κ1) is 17.3. The van der Waals surface area contributed by atoms with Crippen molar-refractivity contribution in [3.8, 4) is 0 Å². The lowest BCUT2D eigenvalue weighted by Crippen LogP contribution is -2.56. The fourth-order valence-corrected chi connectivity index (χ4v) is 4.17. The third-order valence-electron chi connectivity index (χ3n) is 4.28. The summed E-state index contributed by atoms with van der Waals surface area (Å²) in [6, 6.07) is 4.43. The molecule has 1 aromatic carbocycles. The number of hydrogen-bond acceptors (Lipinski definition) is 4. The molecule has 0 aliphatic carbocycles. The number of hydrogen-bond donors (Lipinski definition) is 1. The van der Waals surface area contributed by atoms with Gasteiger partial charge < -0.3 is 5.73 Å². The number of nitrogens with two attached hydrogens (primary N) is 1. The maximum Gasteiger partial charge on any atom is 0.162 e. The molecule has 2 N–H and O–H groups in total. The van der Waals surface area contributed by atoms with E-state index in [0.717, 1.165) is 6.26 Å². The van der Waals surface area contributed by atoms with Crippen molar-refractivity contribution in [2.75, 3.05) is 12.9 Å². The minimum absolute atomic E-state index is 0.0415. The van der Waals surface area contributed by atoms with Crippen molar-refractivity contribution < 1.29 is 17.2 Å². The summed E-state index contributed by atoms with van der Waals surface area (Å²) < 4.78 is 50.3. The molecule has 1 aliphatic heterocycles. The van der Waals surface area contributed by atoms with Crippen LogP contribution in [0.15, 0.2) is 27.7 Å². The van der Waals surface area contributed by atoms with E-state index in [0.29, 0.717) is 10.0 Å². The molecule has 0 spiro atoms. The number of aliphatic imine (C=N–C) groups is 1. The maximum absolute atomic E-state index is 14.1. The Morgan fingerprint density at radius 3 is 2.55 bits per heavy atom. The molecule has 8 heteroatoms. The topological polar surface area (TPSA) is 72.5 Å². The van der Waals surface area contributed by atoms with Crippen molar-refractivity contribution in [2.24, 2.45) is 10.7 Å². The number of amidine groups is 1. The lowest BCUT2D eigenvalue weighted by Gasteiger charge is -2.39. The number of benzene rings is 1. The highest BCUT2D eigenvalue weighted by molar-refractivity contribution is 9.10. The molecule has 122 valence electrons. The molecule has 2 atom stereocenters. The first-order valence-electron chi connectivity index (χ1n) is 6.63. The molecule has 0 radical (unpaired) electrons.